The van der Waals surface area contributed by atoms with Gasteiger partial charge in [0.05, 0.1) is 5.56 Å². The van der Waals surface area contributed by atoms with Crippen LogP contribution in [0.15, 0.2) is 30.0 Å². The van der Waals surface area contributed by atoms with E-state index >= 15 is 0 Å². The number of hydrogen-bond acceptors (Lipinski definition) is 2. The quantitative estimate of drug-likeness (QED) is 0.677. The monoisotopic (exact) mass is 328 g/mol. The first-order valence-corrected chi connectivity index (χ1v) is 7.25. The molecular weight excluding hydrogens is 313 g/mol. The summed E-state index contributed by atoms with van der Waals surface area (Å²) < 4.78 is 37.5. The molecule has 7 heteroatoms. The largest absolute Gasteiger partial charge is 0.416 e. The van der Waals surface area contributed by atoms with Crippen LogP contribution < -0.4 is 5.32 Å². The maximum atomic E-state index is 12.5. The molecule has 3 nitrogen and oxygen atoms in total. The van der Waals surface area contributed by atoms with Crippen LogP contribution >= 0.6 is 12.2 Å². The number of nitrogens with zero attached hydrogens (tertiary/aromatic N) is 1. The third-order valence-corrected chi connectivity index (χ3v) is 3.57. The van der Waals surface area contributed by atoms with Crippen molar-refractivity contribution in [3.8, 4) is 0 Å². The van der Waals surface area contributed by atoms with Crippen molar-refractivity contribution in [2.45, 2.75) is 25.9 Å². The summed E-state index contributed by atoms with van der Waals surface area (Å²) >= 11 is 5.10. The molecule has 1 heterocycles. The standard InChI is InChI=1S/C15H15F3N2OS/c1-2-3-8-20-13(21)12(19-14(20)22)9-10-4-6-11(7-5-10)15(16,17)18/h4-7,9H,2-3,8H2,1H3,(H,19,22)/b12-9+. The molecule has 1 saturated heterocycles. The summed E-state index contributed by atoms with van der Waals surface area (Å²) in [6, 6.07) is 4.61. The predicted molar refractivity (Wildman–Crippen MR) is 81.8 cm³/mol. The fourth-order valence-electron chi connectivity index (χ4n) is 2.03. The number of nitrogens with one attached hydrogen (secondary N) is 1. The average molecular weight is 328 g/mol. The second kappa shape index (κ2) is 6.48. The highest BCUT2D eigenvalue weighted by Crippen LogP contribution is 2.29. The van der Waals surface area contributed by atoms with Gasteiger partial charge in [-0.05, 0) is 42.4 Å². The number of alkyl halides is 3. The SMILES string of the molecule is CCCCN1C(=O)/C(=C\c2ccc(C(F)(F)F)cc2)NC1=S. The zero-order valence-corrected chi connectivity index (χ0v) is 12.7. The van der Waals surface area contributed by atoms with Crippen molar-refractivity contribution < 1.29 is 18.0 Å². The van der Waals surface area contributed by atoms with Gasteiger partial charge in [-0.1, -0.05) is 25.5 Å². The Labute approximate surface area is 131 Å². The lowest BCUT2D eigenvalue weighted by Gasteiger charge is -2.12. The van der Waals surface area contributed by atoms with Gasteiger partial charge in [0.2, 0.25) is 0 Å². The van der Waals surface area contributed by atoms with Crippen molar-refractivity contribution in [3.05, 3.63) is 41.1 Å². The minimum atomic E-state index is -4.37. The van der Waals surface area contributed by atoms with Gasteiger partial charge < -0.3 is 5.32 Å². The van der Waals surface area contributed by atoms with Gasteiger partial charge in [0, 0.05) is 6.54 Å². The van der Waals surface area contributed by atoms with Crippen molar-refractivity contribution in [1.82, 2.24) is 10.2 Å². The summed E-state index contributed by atoms with van der Waals surface area (Å²) in [5.41, 5.74) is 0.0605. The van der Waals surface area contributed by atoms with Crippen LogP contribution in [0.4, 0.5) is 13.2 Å². The maximum Gasteiger partial charge on any atom is 0.416 e. The number of rotatable bonds is 4. The van der Waals surface area contributed by atoms with Gasteiger partial charge in [-0.15, -0.1) is 0 Å². The molecule has 0 bridgehead atoms. The molecule has 0 aromatic heterocycles. The van der Waals surface area contributed by atoms with Gasteiger partial charge in [-0.2, -0.15) is 13.2 Å². The van der Waals surface area contributed by atoms with Crippen LogP contribution in [-0.2, 0) is 11.0 Å². The number of halogens is 3. The van der Waals surface area contributed by atoms with E-state index < -0.39 is 11.7 Å². The van der Waals surface area contributed by atoms with E-state index in [0.29, 0.717) is 17.2 Å². The predicted octanol–water partition coefficient (Wildman–Crippen LogP) is 3.56. The summed E-state index contributed by atoms with van der Waals surface area (Å²) in [5, 5.41) is 3.13. The van der Waals surface area contributed by atoms with Crippen molar-refractivity contribution in [1.29, 1.82) is 0 Å². The van der Waals surface area contributed by atoms with Crippen molar-refractivity contribution >= 4 is 29.3 Å². The van der Waals surface area contributed by atoms with E-state index in [0.717, 1.165) is 25.0 Å². The van der Waals surface area contributed by atoms with Crippen LogP contribution in [0.2, 0.25) is 0 Å². The Morgan fingerprint density at radius 3 is 2.45 bits per heavy atom. The van der Waals surface area contributed by atoms with Crippen LogP contribution in [0.5, 0.6) is 0 Å². The Morgan fingerprint density at radius 2 is 1.91 bits per heavy atom. The number of thiocarbonyl (C=S) groups is 1. The first-order chi connectivity index (χ1) is 10.3. The molecule has 1 aliphatic heterocycles. The molecule has 0 unspecified atom stereocenters. The smallest absolute Gasteiger partial charge is 0.328 e. The summed E-state index contributed by atoms with van der Waals surface area (Å²) in [5.74, 6) is -0.252. The molecule has 118 valence electrons. The molecular formula is C15H15F3N2OS. The van der Waals surface area contributed by atoms with Crippen molar-refractivity contribution in [3.63, 3.8) is 0 Å². The molecule has 0 radical (unpaired) electrons. The van der Waals surface area contributed by atoms with Crippen LogP contribution in [0.1, 0.15) is 30.9 Å². The van der Waals surface area contributed by atoms with Crippen LogP contribution in [0, 0.1) is 0 Å². The molecule has 2 rings (SSSR count). The fraction of sp³-hybridized carbons (Fsp3) is 0.333. The highest BCUT2D eigenvalue weighted by molar-refractivity contribution is 7.80. The summed E-state index contributed by atoms with van der Waals surface area (Å²) in [7, 11) is 0. The van der Waals surface area contributed by atoms with Crippen molar-refractivity contribution in [2.75, 3.05) is 6.54 Å². The second-order valence-corrected chi connectivity index (χ2v) is 5.30. The average Bonchev–Trinajstić information content (AvgIpc) is 2.71. The van der Waals surface area contributed by atoms with Gasteiger partial charge in [-0.3, -0.25) is 9.69 Å². The van der Waals surface area contributed by atoms with Crippen molar-refractivity contribution in [2.24, 2.45) is 0 Å². The molecule has 1 fully saturated rings. The Bertz CT molecular complexity index is 608. The Hall–Kier alpha value is -1.89. The Morgan fingerprint density at radius 1 is 1.27 bits per heavy atom. The molecule has 1 aliphatic rings. The van der Waals surface area contributed by atoms with E-state index in [9.17, 15) is 18.0 Å². The topological polar surface area (TPSA) is 32.3 Å². The van der Waals surface area contributed by atoms with Gasteiger partial charge in [0.1, 0.15) is 5.70 Å². The lowest BCUT2D eigenvalue weighted by molar-refractivity contribution is -0.137. The number of carbonyl (C=O) groups is 1. The summed E-state index contributed by atoms with van der Waals surface area (Å²) in [6.45, 7) is 2.54. The third-order valence-electron chi connectivity index (χ3n) is 3.25. The first kappa shape index (κ1) is 16.5. The normalized spacial score (nSPS) is 17.3. The highest BCUT2D eigenvalue weighted by Gasteiger charge is 2.31. The van der Waals surface area contributed by atoms with E-state index in [2.05, 4.69) is 5.32 Å². The number of carbonyl (C=O) groups excluding carboxylic acids is 1. The van der Waals surface area contributed by atoms with Crippen LogP contribution in [0.3, 0.4) is 0 Å². The van der Waals surface area contributed by atoms with Crippen LogP contribution in [0.25, 0.3) is 6.08 Å². The number of benzene rings is 1. The fourth-order valence-corrected chi connectivity index (χ4v) is 2.31. The summed E-state index contributed by atoms with van der Waals surface area (Å²) in [4.78, 5) is 13.6. The van der Waals surface area contributed by atoms with E-state index in [1.165, 1.54) is 23.1 Å². The van der Waals surface area contributed by atoms with Crippen LogP contribution in [-0.4, -0.2) is 22.5 Å². The molecule has 22 heavy (non-hydrogen) atoms. The second-order valence-electron chi connectivity index (χ2n) is 4.92. The van der Waals surface area contributed by atoms with Gasteiger partial charge in [-0.25, -0.2) is 0 Å². The van der Waals surface area contributed by atoms with E-state index in [4.69, 9.17) is 12.2 Å². The van der Waals surface area contributed by atoms with Gasteiger partial charge in [0.15, 0.2) is 5.11 Å². The maximum absolute atomic E-state index is 12.5. The molecule has 1 aromatic rings. The molecule has 1 amide bonds. The molecule has 0 spiro atoms. The van der Waals surface area contributed by atoms with E-state index in [1.54, 1.807) is 0 Å². The molecule has 1 N–H and O–H groups in total. The lowest BCUT2D eigenvalue weighted by atomic mass is 10.1. The number of amides is 1. The minimum Gasteiger partial charge on any atom is -0.328 e. The summed E-state index contributed by atoms with van der Waals surface area (Å²) in [6.07, 6.45) is -1.10. The van der Waals surface area contributed by atoms with Gasteiger partial charge >= 0.3 is 6.18 Å². The molecule has 0 aliphatic carbocycles. The van der Waals surface area contributed by atoms with E-state index in [1.807, 2.05) is 6.92 Å². The molecule has 1 aromatic carbocycles. The van der Waals surface area contributed by atoms with Gasteiger partial charge in [0.25, 0.3) is 5.91 Å². The lowest BCUT2D eigenvalue weighted by Crippen LogP contribution is -2.31. The third kappa shape index (κ3) is 3.65. The minimum absolute atomic E-state index is 0.252. The zero-order valence-electron chi connectivity index (χ0n) is 11.9. The molecule has 0 saturated carbocycles. The first-order valence-electron chi connectivity index (χ1n) is 6.84. The van der Waals surface area contributed by atoms with E-state index in [-0.39, 0.29) is 11.6 Å². The highest BCUT2D eigenvalue weighted by atomic mass is 32.1. The molecule has 0 atom stereocenters. The zero-order chi connectivity index (χ0) is 16.3. The number of hydrogen-bond donors (Lipinski definition) is 1. The number of unbranched alkanes of at least 4 members (excludes halogenated alkanes) is 1. The Kier molecular flexibility index (Phi) is 4.85. The Balaban J connectivity index is 2.16.